The second kappa shape index (κ2) is 4.15. The zero-order valence-electron chi connectivity index (χ0n) is 6.52. The van der Waals surface area contributed by atoms with Crippen LogP contribution in [0.2, 0.25) is 0 Å². The Morgan fingerprint density at radius 1 is 1.31 bits per heavy atom. The molecular weight excluding hydrogens is 208 g/mol. The molecule has 2 heterocycles. The van der Waals surface area contributed by atoms with Crippen LogP contribution in [-0.2, 0) is 0 Å². The quantitative estimate of drug-likeness (QED) is 0.714. The zero-order chi connectivity index (χ0) is 8.39. The molecule has 0 aromatic carbocycles. The number of halogens is 1. The molecule has 0 aliphatic carbocycles. The first-order valence-corrected chi connectivity index (χ1v) is 3.82. The number of hydrogen-bond acceptors (Lipinski definition) is 3. The Bertz CT molecular complexity index is 421. The molecule has 4 nitrogen and oxygen atoms in total. The van der Waals surface area contributed by atoms with E-state index in [4.69, 9.17) is 12.2 Å². The third-order valence-electron chi connectivity index (χ3n) is 1.44. The molecule has 6 heteroatoms. The fraction of sp³-hybridized carbons (Fsp3) is 0. The van der Waals surface area contributed by atoms with E-state index in [2.05, 4.69) is 20.2 Å². The van der Waals surface area contributed by atoms with Gasteiger partial charge in [-0.3, -0.25) is 15.2 Å². The monoisotopic (exact) mass is 214 g/mol. The predicted molar refractivity (Wildman–Crippen MR) is 54.3 cm³/mol. The number of pyridine rings is 1. The molecule has 0 aliphatic rings. The van der Waals surface area contributed by atoms with Gasteiger partial charge in [0.1, 0.15) is 0 Å². The van der Waals surface area contributed by atoms with Gasteiger partial charge in [0, 0.05) is 18.0 Å². The summed E-state index contributed by atoms with van der Waals surface area (Å²) in [7, 11) is 0. The van der Waals surface area contributed by atoms with Gasteiger partial charge in [-0.1, -0.05) is 0 Å². The molecule has 0 aliphatic heterocycles. The number of nitrogens with one attached hydrogen (secondary N) is 2. The smallest absolute Gasteiger partial charge is 0.213 e. The Kier molecular flexibility index (Phi) is 3.16. The molecule has 0 saturated heterocycles. The van der Waals surface area contributed by atoms with Gasteiger partial charge in [0.25, 0.3) is 0 Å². The third kappa shape index (κ3) is 2.13. The van der Waals surface area contributed by atoms with Crippen molar-refractivity contribution in [1.29, 1.82) is 0 Å². The second-order valence-corrected chi connectivity index (χ2v) is 2.64. The first-order valence-electron chi connectivity index (χ1n) is 3.41. The number of aromatic amines is 2. The first kappa shape index (κ1) is 9.88. The summed E-state index contributed by atoms with van der Waals surface area (Å²) in [4.78, 5) is 8.01. The first-order chi connectivity index (χ1) is 5.86. The van der Waals surface area contributed by atoms with Crippen LogP contribution >= 0.6 is 24.6 Å². The van der Waals surface area contributed by atoms with Crippen LogP contribution in [0.4, 0.5) is 0 Å². The molecule has 0 fully saturated rings. The summed E-state index contributed by atoms with van der Waals surface area (Å²) < 4.78 is 0.453. The van der Waals surface area contributed by atoms with Gasteiger partial charge in [0.2, 0.25) is 4.77 Å². The summed E-state index contributed by atoms with van der Waals surface area (Å²) in [6.45, 7) is 0. The molecule has 0 saturated carbocycles. The largest absolute Gasteiger partial charge is 0.282 e. The van der Waals surface area contributed by atoms with Crippen LogP contribution in [-0.4, -0.2) is 20.2 Å². The van der Waals surface area contributed by atoms with Crippen molar-refractivity contribution < 1.29 is 0 Å². The molecule has 68 valence electrons. The fourth-order valence-corrected chi connectivity index (χ4v) is 1.05. The molecule has 0 radical (unpaired) electrons. The van der Waals surface area contributed by atoms with Crippen LogP contribution in [0.3, 0.4) is 0 Å². The van der Waals surface area contributed by atoms with Gasteiger partial charge in [-0.15, -0.1) is 12.4 Å². The SMILES string of the molecule is Cl.S=c1nc(-c2cccnc2)[nH][nH]1. The molecule has 13 heavy (non-hydrogen) atoms. The van der Waals surface area contributed by atoms with E-state index in [0.717, 1.165) is 5.56 Å². The van der Waals surface area contributed by atoms with Gasteiger partial charge in [-0.25, -0.2) is 0 Å². The summed E-state index contributed by atoms with van der Waals surface area (Å²) >= 11 is 4.81. The minimum Gasteiger partial charge on any atom is -0.282 e. The summed E-state index contributed by atoms with van der Waals surface area (Å²) in [6, 6.07) is 3.76. The van der Waals surface area contributed by atoms with Crippen molar-refractivity contribution in [1.82, 2.24) is 20.2 Å². The molecule has 0 unspecified atom stereocenters. The fourth-order valence-electron chi connectivity index (χ4n) is 0.910. The van der Waals surface area contributed by atoms with Gasteiger partial charge >= 0.3 is 0 Å². The molecule has 2 rings (SSSR count). The topological polar surface area (TPSA) is 57.4 Å². The third-order valence-corrected chi connectivity index (χ3v) is 1.63. The number of nitrogens with zero attached hydrogens (tertiary/aromatic N) is 2. The highest BCUT2D eigenvalue weighted by atomic mass is 35.5. The van der Waals surface area contributed by atoms with E-state index in [1.54, 1.807) is 12.4 Å². The molecule has 2 N–H and O–H groups in total. The van der Waals surface area contributed by atoms with Gasteiger partial charge in [0.05, 0.1) is 0 Å². The van der Waals surface area contributed by atoms with Crippen LogP contribution in [0.5, 0.6) is 0 Å². The predicted octanol–water partition coefficient (Wildman–Crippen LogP) is 1.95. The van der Waals surface area contributed by atoms with Crippen LogP contribution in [0.1, 0.15) is 0 Å². The Morgan fingerprint density at radius 3 is 2.69 bits per heavy atom. The highest BCUT2D eigenvalue weighted by molar-refractivity contribution is 7.71. The highest BCUT2D eigenvalue weighted by Crippen LogP contribution is 2.10. The maximum absolute atomic E-state index is 4.81. The molecule has 0 amide bonds. The van der Waals surface area contributed by atoms with Crippen molar-refractivity contribution in [2.45, 2.75) is 0 Å². The van der Waals surface area contributed by atoms with Gasteiger partial charge in [-0.05, 0) is 24.4 Å². The maximum atomic E-state index is 4.81. The van der Waals surface area contributed by atoms with Gasteiger partial charge < -0.3 is 0 Å². The van der Waals surface area contributed by atoms with E-state index in [-0.39, 0.29) is 12.4 Å². The van der Waals surface area contributed by atoms with Crippen LogP contribution in [0.15, 0.2) is 24.5 Å². The van der Waals surface area contributed by atoms with E-state index in [9.17, 15) is 0 Å². The van der Waals surface area contributed by atoms with E-state index in [0.29, 0.717) is 10.6 Å². The molecular formula is C7H7ClN4S. The lowest BCUT2D eigenvalue weighted by Gasteiger charge is -1.91. The van der Waals surface area contributed by atoms with Crippen molar-refractivity contribution in [2.75, 3.05) is 0 Å². The van der Waals surface area contributed by atoms with Gasteiger partial charge in [0.15, 0.2) is 5.82 Å². The van der Waals surface area contributed by atoms with Crippen LogP contribution in [0, 0.1) is 4.77 Å². The van der Waals surface area contributed by atoms with E-state index in [1.807, 2.05) is 12.1 Å². The molecule has 2 aromatic rings. The second-order valence-electron chi connectivity index (χ2n) is 2.26. The Morgan fingerprint density at radius 2 is 2.15 bits per heavy atom. The van der Waals surface area contributed by atoms with Crippen molar-refractivity contribution in [3.63, 3.8) is 0 Å². The minimum atomic E-state index is 0. The van der Waals surface area contributed by atoms with E-state index >= 15 is 0 Å². The summed E-state index contributed by atoms with van der Waals surface area (Å²) in [5.41, 5.74) is 0.921. The lowest BCUT2D eigenvalue weighted by atomic mass is 10.3. The van der Waals surface area contributed by atoms with E-state index < -0.39 is 0 Å². The average molecular weight is 215 g/mol. The normalized spacial score (nSPS) is 9.23. The Hall–Kier alpha value is -1.20. The molecule has 0 spiro atoms. The van der Waals surface area contributed by atoms with Gasteiger partial charge in [-0.2, -0.15) is 4.98 Å². The minimum absolute atomic E-state index is 0. The summed E-state index contributed by atoms with van der Waals surface area (Å²) in [5, 5.41) is 5.56. The molecule has 2 aromatic heterocycles. The van der Waals surface area contributed by atoms with E-state index in [1.165, 1.54) is 0 Å². The summed E-state index contributed by atoms with van der Waals surface area (Å²) in [5.74, 6) is 0.716. The number of H-pyrrole nitrogens is 2. The lowest BCUT2D eigenvalue weighted by molar-refractivity contribution is 1.08. The standard InChI is InChI=1S/C7H6N4S.ClH/c12-7-9-6(10-11-7)5-2-1-3-8-4-5;/h1-4H,(H2,9,10,11,12);1H. The zero-order valence-corrected chi connectivity index (χ0v) is 8.15. The van der Waals surface area contributed by atoms with Crippen molar-refractivity contribution >= 4 is 24.6 Å². The van der Waals surface area contributed by atoms with Crippen LogP contribution in [0.25, 0.3) is 11.4 Å². The maximum Gasteiger partial charge on any atom is 0.213 e. The molecule has 0 bridgehead atoms. The Balaban J connectivity index is 0.000000845. The number of rotatable bonds is 1. The Labute approximate surface area is 85.8 Å². The number of aromatic nitrogens is 4. The summed E-state index contributed by atoms with van der Waals surface area (Å²) in [6.07, 6.45) is 3.44. The molecule has 0 atom stereocenters. The van der Waals surface area contributed by atoms with Crippen molar-refractivity contribution in [3.05, 3.63) is 29.3 Å². The average Bonchev–Trinajstić information content (AvgIpc) is 2.54. The van der Waals surface area contributed by atoms with Crippen molar-refractivity contribution in [3.8, 4) is 11.4 Å². The highest BCUT2D eigenvalue weighted by Gasteiger charge is 1.98. The van der Waals surface area contributed by atoms with Crippen molar-refractivity contribution in [2.24, 2.45) is 0 Å². The lowest BCUT2D eigenvalue weighted by Crippen LogP contribution is -1.80. The van der Waals surface area contributed by atoms with Crippen LogP contribution < -0.4 is 0 Å². The number of hydrogen-bond donors (Lipinski definition) is 2.